The molecule has 11 heteroatoms. The smallest absolute Gasteiger partial charge is 0.422 e. The number of ether oxygens (including phenoxy) is 2. The van der Waals surface area contributed by atoms with Crippen molar-refractivity contribution in [2.75, 3.05) is 25.7 Å². The van der Waals surface area contributed by atoms with Gasteiger partial charge in [0, 0.05) is 18.0 Å². The number of likely N-dealkylation sites (N-methyl/N-ethyl adjacent to an activating group) is 1. The molecule has 1 N–H and O–H groups in total. The lowest BCUT2D eigenvalue weighted by Gasteiger charge is -2.38. The highest BCUT2D eigenvalue weighted by Crippen LogP contribution is 2.51. The molecular formula is C27H22Cl2F3NO5. The van der Waals surface area contributed by atoms with Crippen molar-refractivity contribution >= 4 is 40.8 Å². The molecule has 1 aliphatic rings. The van der Waals surface area contributed by atoms with E-state index in [-0.39, 0.29) is 39.2 Å². The van der Waals surface area contributed by atoms with Crippen molar-refractivity contribution in [1.82, 2.24) is 0 Å². The average molecular weight is 568 g/mol. The molecule has 2 atom stereocenters. The largest absolute Gasteiger partial charge is 0.482 e. The highest BCUT2D eigenvalue weighted by atomic mass is 35.5. The van der Waals surface area contributed by atoms with E-state index in [1.54, 1.807) is 12.1 Å². The molecule has 200 valence electrons. The van der Waals surface area contributed by atoms with Crippen LogP contribution in [-0.2, 0) is 15.1 Å². The second kappa shape index (κ2) is 10.1. The number of halogens is 5. The zero-order valence-electron chi connectivity index (χ0n) is 20.4. The van der Waals surface area contributed by atoms with Crippen LogP contribution in [-0.4, -0.2) is 43.9 Å². The van der Waals surface area contributed by atoms with E-state index in [2.05, 4.69) is 4.74 Å². The fourth-order valence-corrected chi connectivity index (χ4v) is 5.02. The SMILES string of the molecule is COC(=O)c1ccc(-c2ccc([C@H](C)[C@](O)(c3ccc4c(c3)N(C)C(=O)CO4)C(F)(F)F)c(Cl)c2)cc1Cl. The molecule has 0 saturated carbocycles. The molecule has 0 aromatic heterocycles. The van der Waals surface area contributed by atoms with Crippen LogP contribution in [0, 0.1) is 0 Å². The highest BCUT2D eigenvalue weighted by Gasteiger charge is 2.59. The lowest BCUT2D eigenvalue weighted by molar-refractivity contribution is -0.274. The maximum Gasteiger partial charge on any atom is 0.422 e. The van der Waals surface area contributed by atoms with Crippen LogP contribution in [0.5, 0.6) is 5.75 Å². The lowest BCUT2D eigenvalue weighted by atomic mass is 9.77. The number of rotatable bonds is 5. The van der Waals surface area contributed by atoms with Gasteiger partial charge in [-0.3, -0.25) is 4.79 Å². The van der Waals surface area contributed by atoms with Crippen LogP contribution in [0.25, 0.3) is 11.1 Å². The number of carbonyl (C=O) groups is 2. The van der Waals surface area contributed by atoms with Gasteiger partial charge in [-0.2, -0.15) is 13.2 Å². The fraction of sp³-hybridized carbons (Fsp3) is 0.259. The number of nitrogens with zero attached hydrogens (tertiary/aromatic N) is 1. The number of carbonyl (C=O) groups excluding carboxylic acids is 2. The first-order chi connectivity index (χ1) is 17.8. The van der Waals surface area contributed by atoms with E-state index in [9.17, 15) is 27.9 Å². The van der Waals surface area contributed by atoms with Gasteiger partial charge in [0.1, 0.15) is 5.75 Å². The van der Waals surface area contributed by atoms with Crippen LogP contribution in [0.15, 0.2) is 54.6 Å². The molecule has 3 aromatic rings. The van der Waals surface area contributed by atoms with E-state index in [0.29, 0.717) is 11.1 Å². The van der Waals surface area contributed by atoms with Gasteiger partial charge in [0.05, 0.1) is 23.4 Å². The molecule has 0 aliphatic carbocycles. The lowest BCUT2D eigenvalue weighted by Crippen LogP contribution is -2.47. The fourth-order valence-electron chi connectivity index (χ4n) is 4.42. The molecule has 0 spiro atoms. The van der Waals surface area contributed by atoms with Crippen molar-refractivity contribution in [3.05, 3.63) is 81.3 Å². The molecule has 4 rings (SSSR count). The minimum absolute atomic E-state index is 0.0144. The summed E-state index contributed by atoms with van der Waals surface area (Å²) in [4.78, 5) is 25.0. The summed E-state index contributed by atoms with van der Waals surface area (Å²) in [6, 6.07) is 12.5. The summed E-state index contributed by atoms with van der Waals surface area (Å²) in [6.07, 6.45) is -5.10. The first kappa shape index (κ1) is 27.8. The Hall–Kier alpha value is -3.27. The molecule has 1 amide bonds. The molecule has 6 nitrogen and oxygen atoms in total. The molecule has 0 saturated heterocycles. The second-order valence-corrected chi connectivity index (χ2v) is 9.65. The Balaban J connectivity index is 1.75. The van der Waals surface area contributed by atoms with Crippen LogP contribution >= 0.6 is 23.2 Å². The van der Waals surface area contributed by atoms with E-state index in [1.165, 1.54) is 56.3 Å². The summed E-state index contributed by atoms with van der Waals surface area (Å²) < 4.78 is 53.6. The zero-order valence-corrected chi connectivity index (χ0v) is 21.9. The van der Waals surface area contributed by atoms with E-state index < -0.39 is 35.1 Å². The Morgan fingerprint density at radius 1 is 1.05 bits per heavy atom. The maximum atomic E-state index is 14.5. The number of benzene rings is 3. The molecule has 0 fully saturated rings. The number of methoxy groups -OCH3 is 1. The van der Waals surface area contributed by atoms with E-state index in [1.807, 2.05) is 0 Å². The van der Waals surface area contributed by atoms with Crippen LogP contribution in [0.2, 0.25) is 10.0 Å². The summed E-state index contributed by atoms with van der Waals surface area (Å²) in [5, 5.41) is 11.4. The van der Waals surface area contributed by atoms with E-state index >= 15 is 0 Å². The van der Waals surface area contributed by atoms with Gasteiger partial charge in [0.25, 0.3) is 5.91 Å². The average Bonchev–Trinajstić information content (AvgIpc) is 2.88. The first-order valence-electron chi connectivity index (χ1n) is 11.3. The van der Waals surface area contributed by atoms with Crippen molar-refractivity contribution < 1.29 is 37.3 Å². The third kappa shape index (κ3) is 4.70. The predicted octanol–water partition coefficient (Wildman–Crippen LogP) is 6.36. The topological polar surface area (TPSA) is 76.1 Å². The normalized spacial score (nSPS) is 15.8. The molecular weight excluding hydrogens is 546 g/mol. The van der Waals surface area contributed by atoms with Crippen LogP contribution in [0.3, 0.4) is 0 Å². The second-order valence-electron chi connectivity index (χ2n) is 8.83. The number of hydrogen-bond donors (Lipinski definition) is 1. The van der Waals surface area contributed by atoms with Crippen molar-refractivity contribution in [2.24, 2.45) is 0 Å². The van der Waals surface area contributed by atoms with E-state index in [0.717, 1.165) is 12.1 Å². The summed E-state index contributed by atoms with van der Waals surface area (Å²) in [5.41, 5.74) is -2.39. The van der Waals surface area contributed by atoms with Crippen LogP contribution in [0.1, 0.15) is 34.3 Å². The standard InChI is InChI=1S/C27H22Cl2F3NO5/c1-14(18-7-4-15(10-20(18)28)16-5-8-19(21(29)11-16)25(35)37-3)26(36,27(30,31)32)17-6-9-23-22(12-17)33(2)24(34)13-38-23/h4-12,14,36H,13H2,1-3H3/t14-,26-/m0/s1. The Kier molecular flexibility index (Phi) is 7.40. The quantitative estimate of drug-likeness (QED) is 0.363. The number of aliphatic hydroxyl groups is 1. The molecule has 0 bridgehead atoms. The summed E-state index contributed by atoms with van der Waals surface area (Å²) in [6.45, 7) is 0.989. The molecule has 0 unspecified atom stereocenters. The number of fused-ring (bicyclic) bond motifs is 1. The number of anilines is 1. The van der Waals surface area contributed by atoms with Gasteiger partial charge in [0.2, 0.25) is 0 Å². The van der Waals surface area contributed by atoms with E-state index in [4.69, 9.17) is 27.9 Å². The van der Waals surface area contributed by atoms with Crippen molar-refractivity contribution in [3.8, 4) is 16.9 Å². The van der Waals surface area contributed by atoms with Crippen molar-refractivity contribution in [2.45, 2.75) is 24.6 Å². The number of amides is 1. The van der Waals surface area contributed by atoms with Gasteiger partial charge in [-0.25, -0.2) is 4.79 Å². The summed E-state index contributed by atoms with van der Waals surface area (Å²) in [5.74, 6) is -2.36. The number of hydrogen-bond acceptors (Lipinski definition) is 5. The Morgan fingerprint density at radius 3 is 2.26 bits per heavy atom. The molecule has 1 aliphatic heterocycles. The monoisotopic (exact) mass is 567 g/mol. The Bertz CT molecular complexity index is 1430. The number of alkyl halides is 3. The summed E-state index contributed by atoms with van der Waals surface area (Å²) in [7, 11) is 2.65. The highest BCUT2D eigenvalue weighted by molar-refractivity contribution is 6.34. The molecule has 1 heterocycles. The van der Waals surface area contributed by atoms with Gasteiger partial charge in [-0.1, -0.05) is 54.4 Å². The van der Waals surface area contributed by atoms with Gasteiger partial charge in [-0.15, -0.1) is 0 Å². The third-order valence-corrected chi connectivity index (χ3v) is 7.36. The van der Waals surface area contributed by atoms with Crippen molar-refractivity contribution in [1.29, 1.82) is 0 Å². The summed E-state index contributed by atoms with van der Waals surface area (Å²) >= 11 is 12.7. The zero-order chi connectivity index (χ0) is 28.0. The minimum Gasteiger partial charge on any atom is -0.482 e. The van der Waals surface area contributed by atoms with Gasteiger partial charge < -0.3 is 19.5 Å². The van der Waals surface area contributed by atoms with Crippen molar-refractivity contribution in [3.63, 3.8) is 0 Å². The number of esters is 1. The maximum absolute atomic E-state index is 14.5. The first-order valence-corrected chi connectivity index (χ1v) is 12.1. The Morgan fingerprint density at radius 2 is 1.68 bits per heavy atom. The Labute approximate surface area is 226 Å². The molecule has 38 heavy (non-hydrogen) atoms. The third-order valence-electron chi connectivity index (χ3n) is 6.72. The minimum atomic E-state index is -5.10. The van der Waals surface area contributed by atoms with Gasteiger partial charge >= 0.3 is 12.1 Å². The van der Waals surface area contributed by atoms with Crippen LogP contribution in [0.4, 0.5) is 18.9 Å². The van der Waals surface area contributed by atoms with Crippen LogP contribution < -0.4 is 9.64 Å². The predicted molar refractivity (Wildman–Crippen MR) is 137 cm³/mol. The molecule has 3 aromatic carbocycles. The van der Waals surface area contributed by atoms with Gasteiger partial charge in [-0.05, 0) is 52.6 Å². The molecule has 0 radical (unpaired) electrons. The van der Waals surface area contributed by atoms with Gasteiger partial charge in [0.15, 0.2) is 12.2 Å².